The Morgan fingerprint density at radius 2 is 2.16 bits per heavy atom. The Bertz CT molecular complexity index is 835. The second kappa shape index (κ2) is 6.93. The molecule has 6 heteroatoms. The Morgan fingerprint density at radius 3 is 2.84 bits per heavy atom. The van der Waals surface area contributed by atoms with Crippen LogP contribution in [0.2, 0.25) is 0 Å². The molecule has 4 N–H and O–H groups in total. The van der Waals surface area contributed by atoms with Crippen molar-refractivity contribution in [1.82, 2.24) is 0 Å². The third-order valence-electron chi connectivity index (χ3n) is 4.33. The predicted octanol–water partition coefficient (Wildman–Crippen LogP) is 3.47. The first-order valence-electron chi connectivity index (χ1n) is 8.22. The number of hydrogen-bond acceptors (Lipinski definition) is 3. The van der Waals surface area contributed by atoms with Crippen LogP contribution in [0.15, 0.2) is 36.4 Å². The fourth-order valence-corrected chi connectivity index (χ4v) is 2.88. The van der Waals surface area contributed by atoms with Crippen LogP contribution in [-0.4, -0.2) is 17.8 Å². The molecule has 1 amide bonds. The van der Waals surface area contributed by atoms with Gasteiger partial charge in [0, 0.05) is 11.3 Å². The van der Waals surface area contributed by atoms with Gasteiger partial charge in [-0.05, 0) is 55.2 Å². The summed E-state index contributed by atoms with van der Waals surface area (Å²) in [6, 6.07) is 9.31. The van der Waals surface area contributed by atoms with Crippen molar-refractivity contribution in [1.29, 1.82) is 5.41 Å². The number of nitrogen functional groups attached to an aromatic ring is 1. The van der Waals surface area contributed by atoms with Gasteiger partial charge in [-0.3, -0.25) is 10.2 Å². The molecule has 0 saturated carbocycles. The molecule has 25 heavy (non-hydrogen) atoms. The summed E-state index contributed by atoms with van der Waals surface area (Å²) in [7, 11) is 0. The maximum atomic E-state index is 14.1. The number of fused-ring (bicyclic) bond motifs is 1. The number of aryl methyl sites for hydroxylation is 1. The van der Waals surface area contributed by atoms with Crippen LogP contribution < -0.4 is 15.8 Å². The maximum Gasteiger partial charge on any atom is 0.258 e. The van der Waals surface area contributed by atoms with Crippen molar-refractivity contribution in [2.24, 2.45) is 5.73 Å². The van der Waals surface area contributed by atoms with Crippen molar-refractivity contribution in [2.45, 2.75) is 32.3 Å². The van der Waals surface area contributed by atoms with Gasteiger partial charge in [0.2, 0.25) is 0 Å². The van der Waals surface area contributed by atoms with E-state index >= 15 is 0 Å². The molecule has 5 nitrogen and oxygen atoms in total. The van der Waals surface area contributed by atoms with Gasteiger partial charge in [-0.1, -0.05) is 13.0 Å². The number of nitrogens with one attached hydrogen (secondary N) is 2. The molecule has 1 heterocycles. The van der Waals surface area contributed by atoms with Gasteiger partial charge in [-0.2, -0.15) is 0 Å². The molecule has 0 saturated heterocycles. The number of rotatable bonds is 4. The lowest BCUT2D eigenvalue weighted by Crippen LogP contribution is -2.22. The van der Waals surface area contributed by atoms with E-state index in [1.807, 2.05) is 12.1 Å². The summed E-state index contributed by atoms with van der Waals surface area (Å²) in [5, 5.41) is 10.0. The van der Waals surface area contributed by atoms with Crippen LogP contribution in [0.3, 0.4) is 0 Å². The van der Waals surface area contributed by atoms with E-state index in [9.17, 15) is 9.18 Å². The molecule has 0 radical (unpaired) electrons. The monoisotopic (exact) mass is 341 g/mol. The third-order valence-corrected chi connectivity index (χ3v) is 4.33. The molecule has 1 aliphatic rings. The van der Waals surface area contributed by atoms with E-state index in [-0.39, 0.29) is 23.1 Å². The van der Waals surface area contributed by atoms with Gasteiger partial charge in [0.25, 0.3) is 5.91 Å². The van der Waals surface area contributed by atoms with E-state index in [4.69, 9.17) is 15.9 Å². The SMILES string of the molecule is CCC1CCc2cc(NC(=O)c3ccc(C(=N)N)cc3F)ccc2O1. The fraction of sp³-hybridized carbons (Fsp3) is 0.263. The normalized spacial score (nSPS) is 15.8. The highest BCUT2D eigenvalue weighted by Crippen LogP contribution is 2.31. The van der Waals surface area contributed by atoms with Crippen molar-refractivity contribution in [3.8, 4) is 5.75 Å². The van der Waals surface area contributed by atoms with Gasteiger partial charge >= 0.3 is 0 Å². The van der Waals surface area contributed by atoms with Crippen LogP contribution in [0.1, 0.15) is 41.3 Å². The van der Waals surface area contributed by atoms with Crippen molar-refractivity contribution in [3.05, 3.63) is 58.9 Å². The smallest absolute Gasteiger partial charge is 0.258 e. The van der Waals surface area contributed by atoms with Crippen LogP contribution in [0.25, 0.3) is 0 Å². The Morgan fingerprint density at radius 1 is 1.36 bits per heavy atom. The topological polar surface area (TPSA) is 88.2 Å². The molecule has 130 valence electrons. The molecule has 2 aromatic rings. The highest BCUT2D eigenvalue weighted by molar-refractivity contribution is 6.05. The minimum absolute atomic E-state index is 0.0926. The van der Waals surface area contributed by atoms with Crippen LogP contribution in [0, 0.1) is 11.2 Å². The standard InChI is InChI=1S/C19H20FN3O2/c1-2-14-6-3-11-9-13(5-8-17(11)25-14)23-19(24)15-7-4-12(18(21)22)10-16(15)20/h4-5,7-10,14H,2-3,6H2,1H3,(H3,21,22)(H,23,24). The van der Waals surface area contributed by atoms with Crippen molar-refractivity contribution in [2.75, 3.05) is 5.32 Å². The van der Waals surface area contributed by atoms with E-state index in [1.54, 1.807) is 6.07 Å². The van der Waals surface area contributed by atoms with Crippen LogP contribution in [0.5, 0.6) is 5.75 Å². The van der Waals surface area contributed by atoms with E-state index in [2.05, 4.69) is 12.2 Å². The summed E-state index contributed by atoms with van der Waals surface area (Å²) in [5.41, 5.74) is 7.10. The Kier molecular flexibility index (Phi) is 4.70. The third kappa shape index (κ3) is 3.63. The number of benzene rings is 2. The minimum atomic E-state index is -0.711. The van der Waals surface area contributed by atoms with Crippen molar-refractivity contribution >= 4 is 17.4 Å². The molecular formula is C19H20FN3O2. The Labute approximate surface area is 145 Å². The van der Waals surface area contributed by atoms with Gasteiger partial charge in [-0.15, -0.1) is 0 Å². The Balaban J connectivity index is 1.77. The number of halogens is 1. The molecule has 0 aliphatic carbocycles. The zero-order valence-corrected chi connectivity index (χ0v) is 13.9. The lowest BCUT2D eigenvalue weighted by Gasteiger charge is -2.25. The van der Waals surface area contributed by atoms with Gasteiger partial charge in [-0.25, -0.2) is 4.39 Å². The predicted molar refractivity (Wildman–Crippen MR) is 94.8 cm³/mol. The van der Waals surface area contributed by atoms with E-state index in [0.29, 0.717) is 5.69 Å². The highest BCUT2D eigenvalue weighted by Gasteiger charge is 2.19. The lowest BCUT2D eigenvalue weighted by atomic mass is 10.0. The van der Waals surface area contributed by atoms with Gasteiger partial charge in [0.15, 0.2) is 0 Å². The highest BCUT2D eigenvalue weighted by atomic mass is 19.1. The van der Waals surface area contributed by atoms with Crippen molar-refractivity contribution in [3.63, 3.8) is 0 Å². The van der Waals surface area contributed by atoms with Gasteiger partial charge in [0.1, 0.15) is 17.4 Å². The lowest BCUT2D eigenvalue weighted by molar-refractivity contribution is 0.102. The molecule has 1 unspecified atom stereocenters. The van der Waals surface area contributed by atoms with E-state index in [0.717, 1.165) is 36.6 Å². The second-order valence-electron chi connectivity index (χ2n) is 6.07. The first-order valence-corrected chi connectivity index (χ1v) is 8.22. The van der Waals surface area contributed by atoms with E-state index in [1.165, 1.54) is 12.1 Å². The molecule has 3 rings (SSSR count). The molecule has 0 spiro atoms. The zero-order valence-electron chi connectivity index (χ0n) is 13.9. The summed E-state index contributed by atoms with van der Waals surface area (Å²) in [5.74, 6) is -0.660. The summed E-state index contributed by atoms with van der Waals surface area (Å²) in [4.78, 5) is 12.3. The summed E-state index contributed by atoms with van der Waals surface area (Å²) >= 11 is 0. The van der Waals surface area contributed by atoms with Crippen molar-refractivity contribution < 1.29 is 13.9 Å². The van der Waals surface area contributed by atoms with Crippen LogP contribution >= 0.6 is 0 Å². The molecule has 0 bridgehead atoms. The average Bonchev–Trinajstić information content (AvgIpc) is 2.60. The van der Waals surface area contributed by atoms with E-state index < -0.39 is 11.7 Å². The molecule has 1 aliphatic heterocycles. The Hall–Kier alpha value is -2.89. The maximum absolute atomic E-state index is 14.1. The molecular weight excluding hydrogens is 321 g/mol. The largest absolute Gasteiger partial charge is 0.490 e. The number of nitrogens with two attached hydrogens (primary N) is 1. The summed E-state index contributed by atoms with van der Waals surface area (Å²) in [6.07, 6.45) is 3.04. The second-order valence-corrected chi connectivity index (χ2v) is 6.07. The number of anilines is 1. The number of amidine groups is 1. The van der Waals surface area contributed by atoms with Crippen LogP contribution in [-0.2, 0) is 6.42 Å². The number of carbonyl (C=O) groups excluding carboxylic acids is 1. The fourth-order valence-electron chi connectivity index (χ4n) is 2.88. The molecule has 2 aromatic carbocycles. The quantitative estimate of drug-likeness (QED) is 0.588. The van der Waals surface area contributed by atoms with Crippen LogP contribution in [0.4, 0.5) is 10.1 Å². The van der Waals surface area contributed by atoms with Gasteiger partial charge in [0.05, 0.1) is 11.7 Å². The minimum Gasteiger partial charge on any atom is -0.490 e. The number of carbonyl (C=O) groups is 1. The van der Waals surface area contributed by atoms with Gasteiger partial charge < -0.3 is 15.8 Å². The summed E-state index contributed by atoms with van der Waals surface area (Å²) in [6.45, 7) is 2.09. The molecule has 0 aromatic heterocycles. The average molecular weight is 341 g/mol. The summed E-state index contributed by atoms with van der Waals surface area (Å²) < 4.78 is 20.0. The zero-order chi connectivity index (χ0) is 18.0. The first kappa shape index (κ1) is 17.0. The number of amides is 1. The number of hydrogen-bond donors (Lipinski definition) is 3. The number of ether oxygens (including phenoxy) is 1. The molecule has 1 atom stereocenters. The first-order chi connectivity index (χ1) is 12.0. The molecule has 0 fully saturated rings.